The van der Waals surface area contributed by atoms with Crippen molar-refractivity contribution in [2.45, 2.75) is 6.92 Å². The summed E-state index contributed by atoms with van der Waals surface area (Å²) >= 11 is 0. The van der Waals surface area contributed by atoms with Gasteiger partial charge in [-0.25, -0.2) is 0 Å². The van der Waals surface area contributed by atoms with Crippen LogP contribution in [0.4, 0.5) is 5.69 Å². The maximum atomic E-state index is 12.9. The number of anilines is 1. The molecule has 1 aromatic heterocycles. The van der Waals surface area contributed by atoms with E-state index in [9.17, 15) is 14.7 Å². The minimum absolute atomic E-state index is 0.128. The van der Waals surface area contributed by atoms with Crippen LogP contribution in [0.15, 0.2) is 41.2 Å². The SMILES string of the molecule is COc1cc2c(C(=O)Nc3ccccc3C)c([O-])n(C)c(=O)c2cc1OC. The van der Waals surface area contributed by atoms with Gasteiger partial charge in [-0.2, -0.15) is 0 Å². The molecule has 0 spiro atoms. The summed E-state index contributed by atoms with van der Waals surface area (Å²) < 4.78 is 11.4. The quantitative estimate of drug-likeness (QED) is 0.763. The number of methoxy groups -OCH3 is 2. The molecular formula is C20H19N2O5-. The molecule has 0 fully saturated rings. The number of nitrogens with zero attached hydrogens (tertiary/aromatic N) is 1. The smallest absolute Gasteiger partial charge is 0.257 e. The van der Waals surface area contributed by atoms with E-state index < -0.39 is 17.3 Å². The van der Waals surface area contributed by atoms with Gasteiger partial charge in [-0.05, 0) is 36.6 Å². The number of aromatic nitrogens is 1. The Morgan fingerprint density at radius 2 is 1.67 bits per heavy atom. The van der Waals surface area contributed by atoms with Crippen molar-refractivity contribution < 1.29 is 19.4 Å². The molecular weight excluding hydrogens is 348 g/mol. The molecule has 140 valence electrons. The molecule has 3 rings (SSSR count). The van der Waals surface area contributed by atoms with E-state index in [0.717, 1.165) is 10.1 Å². The number of hydrogen-bond acceptors (Lipinski definition) is 5. The molecule has 7 heteroatoms. The van der Waals surface area contributed by atoms with Crippen molar-refractivity contribution in [3.63, 3.8) is 0 Å². The second-order valence-electron chi connectivity index (χ2n) is 6.07. The second-order valence-corrected chi connectivity index (χ2v) is 6.07. The molecule has 0 bridgehead atoms. The number of aryl methyl sites for hydroxylation is 1. The number of hydrogen-bond donors (Lipinski definition) is 1. The summed E-state index contributed by atoms with van der Waals surface area (Å²) in [6.45, 7) is 1.85. The first-order valence-electron chi connectivity index (χ1n) is 8.21. The predicted octanol–water partition coefficient (Wildman–Crippen LogP) is 2.19. The second kappa shape index (κ2) is 7.03. The summed E-state index contributed by atoms with van der Waals surface area (Å²) in [5, 5.41) is 15.9. The Balaban J connectivity index is 2.26. The van der Waals surface area contributed by atoms with Crippen molar-refractivity contribution in [2.75, 3.05) is 19.5 Å². The fourth-order valence-electron chi connectivity index (χ4n) is 2.94. The molecule has 0 atom stereocenters. The van der Waals surface area contributed by atoms with Crippen molar-refractivity contribution in [1.82, 2.24) is 4.57 Å². The molecule has 27 heavy (non-hydrogen) atoms. The van der Waals surface area contributed by atoms with Crippen molar-refractivity contribution in [1.29, 1.82) is 0 Å². The van der Waals surface area contributed by atoms with Crippen molar-refractivity contribution in [3.8, 4) is 17.4 Å². The molecule has 1 amide bonds. The van der Waals surface area contributed by atoms with Crippen LogP contribution in [0.25, 0.3) is 10.8 Å². The lowest BCUT2D eigenvalue weighted by Gasteiger charge is -2.21. The first-order valence-corrected chi connectivity index (χ1v) is 8.21. The zero-order valence-corrected chi connectivity index (χ0v) is 15.5. The van der Waals surface area contributed by atoms with Crippen LogP contribution in [0.5, 0.6) is 17.4 Å². The summed E-state index contributed by atoms with van der Waals surface area (Å²) in [4.78, 5) is 25.5. The average Bonchev–Trinajstić information content (AvgIpc) is 2.67. The molecule has 7 nitrogen and oxygen atoms in total. The monoisotopic (exact) mass is 367 g/mol. The number of ether oxygens (including phenoxy) is 2. The molecule has 0 aliphatic carbocycles. The van der Waals surface area contributed by atoms with Gasteiger partial charge in [-0.15, -0.1) is 0 Å². The number of para-hydroxylation sites is 1. The fraction of sp³-hybridized carbons (Fsp3) is 0.200. The molecule has 0 aliphatic rings. The third kappa shape index (κ3) is 3.08. The predicted molar refractivity (Wildman–Crippen MR) is 101 cm³/mol. The van der Waals surface area contributed by atoms with Crippen LogP contribution in [-0.2, 0) is 7.05 Å². The highest BCUT2D eigenvalue weighted by Gasteiger charge is 2.19. The van der Waals surface area contributed by atoms with Crippen LogP contribution in [0.2, 0.25) is 0 Å². The Morgan fingerprint density at radius 1 is 1.07 bits per heavy atom. The molecule has 0 unspecified atom stereocenters. The van der Waals surface area contributed by atoms with E-state index in [0.29, 0.717) is 17.2 Å². The molecule has 1 heterocycles. The highest BCUT2D eigenvalue weighted by Crippen LogP contribution is 2.34. The van der Waals surface area contributed by atoms with E-state index in [1.807, 2.05) is 19.1 Å². The topological polar surface area (TPSA) is 92.6 Å². The van der Waals surface area contributed by atoms with Gasteiger partial charge in [0, 0.05) is 18.1 Å². The van der Waals surface area contributed by atoms with Gasteiger partial charge in [-0.1, -0.05) is 18.2 Å². The Hall–Kier alpha value is -3.48. The van der Waals surface area contributed by atoms with Crippen molar-refractivity contribution in [3.05, 3.63) is 57.9 Å². The third-order valence-corrected chi connectivity index (χ3v) is 4.47. The summed E-state index contributed by atoms with van der Waals surface area (Å²) in [6, 6.07) is 10.2. The first kappa shape index (κ1) is 18.3. The van der Waals surface area contributed by atoms with Gasteiger partial charge in [0.1, 0.15) is 0 Å². The molecule has 3 aromatic rings. The Labute approximate surface area is 155 Å². The summed E-state index contributed by atoms with van der Waals surface area (Å²) in [7, 11) is 4.23. The minimum atomic E-state index is -0.675. The van der Waals surface area contributed by atoms with Crippen molar-refractivity contribution >= 4 is 22.4 Å². The number of rotatable bonds is 4. The van der Waals surface area contributed by atoms with E-state index in [1.54, 1.807) is 12.1 Å². The number of carbonyl (C=O) groups is 1. The van der Waals surface area contributed by atoms with Crippen LogP contribution in [0.3, 0.4) is 0 Å². The van der Waals surface area contributed by atoms with Gasteiger partial charge in [-0.3, -0.25) is 9.59 Å². The Kier molecular flexibility index (Phi) is 4.77. The maximum absolute atomic E-state index is 12.9. The van der Waals surface area contributed by atoms with Crippen LogP contribution in [0, 0.1) is 6.92 Å². The molecule has 0 saturated carbocycles. The largest absolute Gasteiger partial charge is 0.859 e. The zero-order chi connectivity index (χ0) is 19.7. The van der Waals surface area contributed by atoms with Crippen LogP contribution in [0.1, 0.15) is 15.9 Å². The number of amides is 1. The highest BCUT2D eigenvalue weighted by atomic mass is 16.5. The van der Waals surface area contributed by atoms with Crippen molar-refractivity contribution in [2.24, 2.45) is 7.05 Å². The van der Waals surface area contributed by atoms with Gasteiger partial charge < -0.3 is 24.5 Å². The summed E-state index contributed by atoms with van der Waals surface area (Å²) in [5.74, 6) is -0.610. The van der Waals surface area contributed by atoms with E-state index in [2.05, 4.69) is 5.32 Å². The third-order valence-electron chi connectivity index (χ3n) is 4.47. The fourth-order valence-corrected chi connectivity index (χ4v) is 2.94. The lowest BCUT2D eigenvalue weighted by molar-refractivity contribution is -0.279. The Bertz CT molecular complexity index is 1100. The van der Waals surface area contributed by atoms with Crippen LogP contribution in [-0.4, -0.2) is 24.7 Å². The van der Waals surface area contributed by atoms with Crippen LogP contribution >= 0.6 is 0 Å². The highest BCUT2D eigenvalue weighted by molar-refractivity contribution is 6.15. The van der Waals surface area contributed by atoms with E-state index in [-0.39, 0.29) is 16.3 Å². The number of benzene rings is 2. The lowest BCUT2D eigenvalue weighted by Crippen LogP contribution is -2.26. The number of nitrogens with one attached hydrogen (secondary N) is 1. The zero-order valence-electron chi connectivity index (χ0n) is 15.5. The lowest BCUT2D eigenvalue weighted by atomic mass is 10.0. The number of carbonyl (C=O) groups excluding carboxylic acids is 1. The van der Waals surface area contributed by atoms with Gasteiger partial charge >= 0.3 is 0 Å². The average molecular weight is 367 g/mol. The molecule has 2 aromatic carbocycles. The molecule has 1 N–H and O–H groups in total. The van der Waals surface area contributed by atoms with E-state index in [4.69, 9.17) is 9.47 Å². The standard InChI is InChI=1S/C20H20N2O5/c1-11-7-5-6-8-14(11)21-18(23)17-12-9-15(26-3)16(27-4)10-13(12)19(24)22(2)20(17)25/h5-10,25H,1-4H3,(H,21,23)/p-1. The van der Waals surface area contributed by atoms with E-state index >= 15 is 0 Å². The molecule has 0 radical (unpaired) electrons. The van der Waals surface area contributed by atoms with Crippen LogP contribution < -0.4 is 25.5 Å². The normalized spacial score (nSPS) is 10.7. The van der Waals surface area contributed by atoms with Gasteiger partial charge in [0.2, 0.25) is 0 Å². The molecule has 0 aliphatic heterocycles. The Morgan fingerprint density at radius 3 is 2.26 bits per heavy atom. The number of pyridine rings is 1. The molecule has 0 saturated heterocycles. The van der Waals surface area contributed by atoms with E-state index in [1.165, 1.54) is 33.4 Å². The maximum Gasteiger partial charge on any atom is 0.257 e. The summed E-state index contributed by atoms with van der Waals surface area (Å²) in [5.41, 5.74) is 0.802. The van der Waals surface area contributed by atoms with Gasteiger partial charge in [0.05, 0.1) is 25.2 Å². The van der Waals surface area contributed by atoms with Gasteiger partial charge in [0.25, 0.3) is 11.5 Å². The van der Waals surface area contributed by atoms with Gasteiger partial charge in [0.15, 0.2) is 11.5 Å². The first-order chi connectivity index (χ1) is 12.9. The summed E-state index contributed by atoms with van der Waals surface area (Å²) in [6.07, 6.45) is 0. The number of fused-ring (bicyclic) bond motifs is 1. The minimum Gasteiger partial charge on any atom is -0.859 e.